The Kier molecular flexibility index (Phi) is 5.70. The van der Waals surface area contributed by atoms with Gasteiger partial charge in [-0.2, -0.15) is 0 Å². The topological polar surface area (TPSA) is 61.8 Å². The summed E-state index contributed by atoms with van der Waals surface area (Å²) < 4.78 is 5.62. The van der Waals surface area contributed by atoms with Crippen molar-refractivity contribution in [2.45, 2.75) is 32.2 Å². The van der Waals surface area contributed by atoms with Gasteiger partial charge in [0, 0.05) is 17.6 Å². The molecule has 2 rings (SSSR count). The molecule has 21 heavy (non-hydrogen) atoms. The van der Waals surface area contributed by atoms with E-state index in [9.17, 15) is 4.79 Å². The Morgan fingerprint density at radius 1 is 1.52 bits per heavy atom. The summed E-state index contributed by atoms with van der Waals surface area (Å²) in [5.74, 6) is 0.606. The van der Waals surface area contributed by atoms with Gasteiger partial charge < -0.3 is 20.1 Å². The Balaban J connectivity index is 2.09. The number of nitrogens with one attached hydrogen (secondary N) is 1. The highest BCUT2D eigenvalue weighted by atomic mass is 35.5. The minimum Gasteiger partial charge on any atom is -0.491 e. The second kappa shape index (κ2) is 7.52. The number of ether oxygens (including phenoxy) is 1. The molecule has 0 aromatic heterocycles. The molecule has 2 amide bonds. The molecule has 2 N–H and O–H groups in total. The summed E-state index contributed by atoms with van der Waals surface area (Å²) in [4.78, 5) is 14.0. The third-order valence-corrected chi connectivity index (χ3v) is 3.47. The van der Waals surface area contributed by atoms with Crippen LogP contribution in [0.2, 0.25) is 5.02 Å². The van der Waals surface area contributed by atoms with Crippen LogP contribution in [0.15, 0.2) is 18.2 Å². The molecule has 1 aromatic rings. The van der Waals surface area contributed by atoms with E-state index in [1.54, 1.807) is 23.1 Å². The van der Waals surface area contributed by atoms with Crippen molar-refractivity contribution >= 4 is 23.3 Å². The third-order valence-electron chi connectivity index (χ3n) is 3.23. The van der Waals surface area contributed by atoms with Crippen LogP contribution in [0.3, 0.4) is 0 Å². The Morgan fingerprint density at radius 3 is 2.90 bits per heavy atom. The van der Waals surface area contributed by atoms with Gasteiger partial charge in [-0.3, -0.25) is 0 Å². The van der Waals surface area contributed by atoms with Crippen LogP contribution in [0.4, 0.5) is 10.5 Å². The van der Waals surface area contributed by atoms with Crippen molar-refractivity contribution in [2.75, 3.05) is 25.1 Å². The van der Waals surface area contributed by atoms with Crippen molar-refractivity contribution in [3.05, 3.63) is 23.2 Å². The first-order valence-corrected chi connectivity index (χ1v) is 7.64. The Morgan fingerprint density at radius 2 is 2.29 bits per heavy atom. The summed E-state index contributed by atoms with van der Waals surface area (Å²) >= 11 is 5.99. The fourth-order valence-corrected chi connectivity index (χ4v) is 2.24. The number of urea groups is 1. The summed E-state index contributed by atoms with van der Waals surface area (Å²) in [5.41, 5.74) is 0.560. The largest absolute Gasteiger partial charge is 0.491 e. The quantitative estimate of drug-likeness (QED) is 0.813. The molecular formula is C15H21ClN2O3. The van der Waals surface area contributed by atoms with E-state index in [2.05, 4.69) is 5.32 Å². The zero-order chi connectivity index (χ0) is 15.2. The molecule has 6 heteroatoms. The number of benzene rings is 1. The van der Waals surface area contributed by atoms with Gasteiger partial charge >= 0.3 is 6.03 Å². The standard InChI is InChI=1S/C15H21ClN2O3/c1-2-9-21-14-6-3-11(16)10-13(14)17-15(20)18(7-8-19)12-4-5-12/h3,6,10,12,19H,2,4-5,7-9H2,1H3,(H,17,20). The van der Waals surface area contributed by atoms with E-state index in [1.165, 1.54) is 0 Å². The molecule has 1 fully saturated rings. The summed E-state index contributed by atoms with van der Waals surface area (Å²) in [6.45, 7) is 2.89. The highest BCUT2D eigenvalue weighted by Crippen LogP contribution is 2.31. The minimum atomic E-state index is -0.227. The Labute approximate surface area is 129 Å². The van der Waals surface area contributed by atoms with Gasteiger partial charge in [0.1, 0.15) is 5.75 Å². The highest BCUT2D eigenvalue weighted by Gasteiger charge is 2.32. The van der Waals surface area contributed by atoms with Gasteiger partial charge in [0.2, 0.25) is 0 Å². The van der Waals surface area contributed by atoms with Gasteiger partial charge in [0.25, 0.3) is 0 Å². The lowest BCUT2D eigenvalue weighted by Gasteiger charge is -2.22. The maximum Gasteiger partial charge on any atom is 0.322 e. The minimum absolute atomic E-state index is 0.0430. The molecule has 1 aliphatic carbocycles. The number of aliphatic hydroxyl groups excluding tert-OH is 1. The number of aliphatic hydroxyl groups is 1. The summed E-state index contributed by atoms with van der Waals surface area (Å²) in [6, 6.07) is 5.16. The number of hydrogen-bond acceptors (Lipinski definition) is 3. The van der Waals surface area contributed by atoms with E-state index < -0.39 is 0 Å². The van der Waals surface area contributed by atoms with Crippen LogP contribution < -0.4 is 10.1 Å². The van der Waals surface area contributed by atoms with Crippen molar-refractivity contribution in [3.63, 3.8) is 0 Å². The molecule has 1 aromatic carbocycles. The molecular weight excluding hydrogens is 292 g/mol. The first-order valence-electron chi connectivity index (χ1n) is 7.26. The molecule has 0 heterocycles. The van der Waals surface area contributed by atoms with E-state index in [4.69, 9.17) is 21.4 Å². The number of carbonyl (C=O) groups excluding carboxylic acids is 1. The van der Waals surface area contributed by atoms with Gasteiger partial charge in [0.05, 0.1) is 18.9 Å². The van der Waals surface area contributed by atoms with Crippen LogP contribution in [0, 0.1) is 0 Å². The maximum absolute atomic E-state index is 12.3. The number of nitrogens with zero attached hydrogens (tertiary/aromatic N) is 1. The van der Waals surface area contributed by atoms with Gasteiger partial charge in [-0.1, -0.05) is 18.5 Å². The maximum atomic E-state index is 12.3. The molecule has 0 spiro atoms. The summed E-state index contributed by atoms with van der Waals surface area (Å²) in [6.07, 6.45) is 2.86. The average molecular weight is 313 g/mol. The molecule has 0 unspecified atom stereocenters. The molecule has 0 atom stereocenters. The average Bonchev–Trinajstić information content (AvgIpc) is 3.28. The molecule has 0 aliphatic heterocycles. The van der Waals surface area contributed by atoms with Gasteiger partial charge in [-0.25, -0.2) is 4.79 Å². The number of halogens is 1. The van der Waals surface area contributed by atoms with E-state index in [-0.39, 0.29) is 18.7 Å². The fourth-order valence-electron chi connectivity index (χ4n) is 2.07. The van der Waals surface area contributed by atoms with E-state index >= 15 is 0 Å². The summed E-state index contributed by atoms with van der Waals surface area (Å²) in [7, 11) is 0. The van der Waals surface area contributed by atoms with Gasteiger partial charge in [0.15, 0.2) is 0 Å². The molecule has 0 bridgehead atoms. The zero-order valence-electron chi connectivity index (χ0n) is 12.1. The number of anilines is 1. The predicted octanol–water partition coefficient (Wildman–Crippen LogP) is 3.12. The van der Waals surface area contributed by atoms with Crippen LogP contribution in [0.5, 0.6) is 5.75 Å². The number of carbonyl (C=O) groups is 1. The van der Waals surface area contributed by atoms with Crippen molar-refractivity contribution < 1.29 is 14.6 Å². The lowest BCUT2D eigenvalue weighted by atomic mass is 10.3. The van der Waals surface area contributed by atoms with Crippen LogP contribution in [-0.4, -0.2) is 41.8 Å². The molecule has 5 nitrogen and oxygen atoms in total. The summed E-state index contributed by atoms with van der Waals surface area (Å²) in [5, 5.41) is 12.4. The second-order valence-electron chi connectivity index (χ2n) is 5.07. The number of hydrogen-bond donors (Lipinski definition) is 2. The molecule has 116 valence electrons. The highest BCUT2D eigenvalue weighted by molar-refractivity contribution is 6.31. The van der Waals surface area contributed by atoms with Gasteiger partial charge in [-0.15, -0.1) is 0 Å². The monoisotopic (exact) mass is 312 g/mol. The van der Waals surface area contributed by atoms with Crippen molar-refractivity contribution in [1.82, 2.24) is 4.90 Å². The molecule has 1 saturated carbocycles. The molecule has 0 radical (unpaired) electrons. The smallest absolute Gasteiger partial charge is 0.322 e. The van der Waals surface area contributed by atoms with Crippen LogP contribution in [0.1, 0.15) is 26.2 Å². The fraction of sp³-hybridized carbons (Fsp3) is 0.533. The van der Waals surface area contributed by atoms with E-state index in [1.807, 2.05) is 6.92 Å². The van der Waals surface area contributed by atoms with Crippen molar-refractivity contribution in [2.24, 2.45) is 0 Å². The normalized spacial score (nSPS) is 13.9. The lowest BCUT2D eigenvalue weighted by Crippen LogP contribution is -2.38. The number of amides is 2. The number of rotatable bonds is 7. The Bertz CT molecular complexity index is 492. The molecule has 1 aliphatic rings. The first-order chi connectivity index (χ1) is 10.2. The SMILES string of the molecule is CCCOc1ccc(Cl)cc1NC(=O)N(CCO)C1CC1. The van der Waals surface area contributed by atoms with Crippen LogP contribution in [0.25, 0.3) is 0 Å². The van der Waals surface area contributed by atoms with Crippen molar-refractivity contribution in [1.29, 1.82) is 0 Å². The first kappa shape index (κ1) is 15.9. The van der Waals surface area contributed by atoms with Crippen LogP contribution in [-0.2, 0) is 0 Å². The van der Waals surface area contributed by atoms with E-state index in [0.29, 0.717) is 29.6 Å². The molecule has 0 saturated heterocycles. The third kappa shape index (κ3) is 4.51. The van der Waals surface area contributed by atoms with E-state index in [0.717, 1.165) is 19.3 Å². The Hall–Kier alpha value is -1.46. The van der Waals surface area contributed by atoms with Crippen LogP contribution >= 0.6 is 11.6 Å². The van der Waals surface area contributed by atoms with Crippen molar-refractivity contribution in [3.8, 4) is 5.75 Å². The second-order valence-corrected chi connectivity index (χ2v) is 5.50. The lowest BCUT2D eigenvalue weighted by molar-refractivity contribution is 0.185. The zero-order valence-corrected chi connectivity index (χ0v) is 12.9. The van der Waals surface area contributed by atoms with Gasteiger partial charge in [-0.05, 0) is 37.5 Å². The predicted molar refractivity (Wildman–Crippen MR) is 83.1 cm³/mol.